The van der Waals surface area contributed by atoms with E-state index in [-0.39, 0.29) is 0 Å². The molecule has 0 bridgehead atoms. The maximum Gasteiger partial charge on any atom is -0.0184 e. The minimum atomic E-state index is 0.786. The van der Waals surface area contributed by atoms with Gasteiger partial charge in [0.05, 0.1) is 0 Å². The summed E-state index contributed by atoms with van der Waals surface area (Å²) in [4.78, 5) is 0. The zero-order chi connectivity index (χ0) is 9.09. The molecule has 0 nitrogen and oxygen atoms in total. The average Bonchev–Trinajstić information content (AvgIpc) is 2.52. The van der Waals surface area contributed by atoms with Crippen LogP contribution < -0.4 is 0 Å². The molecule has 0 aromatic carbocycles. The summed E-state index contributed by atoms with van der Waals surface area (Å²) in [6.07, 6.45) is 1.49. The first-order valence-corrected chi connectivity index (χ1v) is 5.52. The highest BCUT2D eigenvalue weighted by Gasteiger charge is 2.71. The van der Waals surface area contributed by atoms with Crippen LogP contribution in [0.2, 0.25) is 0 Å². The minimum Gasteiger partial charge on any atom is -0.0625 e. The van der Waals surface area contributed by atoms with E-state index in [4.69, 9.17) is 0 Å². The summed E-state index contributed by atoms with van der Waals surface area (Å²) in [6.45, 7) is 12.2. The van der Waals surface area contributed by atoms with Gasteiger partial charge in [0.2, 0.25) is 0 Å². The standard InChI is InChI=1S/C12H22/c1-7(2)11-6-8(3)12(11)9(4)10(12)5/h7-11H,6H2,1-5H3. The van der Waals surface area contributed by atoms with E-state index in [1.54, 1.807) is 0 Å². The van der Waals surface area contributed by atoms with Crippen molar-refractivity contribution in [1.29, 1.82) is 0 Å². The molecule has 70 valence electrons. The molecule has 0 heteroatoms. The van der Waals surface area contributed by atoms with Crippen molar-refractivity contribution in [3.8, 4) is 0 Å². The smallest absolute Gasteiger partial charge is 0.0184 e. The van der Waals surface area contributed by atoms with E-state index in [0.717, 1.165) is 35.0 Å². The fourth-order valence-corrected chi connectivity index (χ4v) is 4.26. The zero-order valence-electron chi connectivity index (χ0n) is 9.09. The van der Waals surface area contributed by atoms with Crippen LogP contribution >= 0.6 is 0 Å². The van der Waals surface area contributed by atoms with Crippen LogP contribution in [0.5, 0.6) is 0 Å². The molecule has 0 aromatic rings. The molecule has 0 radical (unpaired) electrons. The minimum absolute atomic E-state index is 0.786. The summed E-state index contributed by atoms with van der Waals surface area (Å²) in [6, 6.07) is 0. The second-order valence-corrected chi connectivity index (χ2v) is 5.56. The fourth-order valence-electron chi connectivity index (χ4n) is 4.26. The van der Waals surface area contributed by atoms with Crippen LogP contribution in [-0.4, -0.2) is 0 Å². The normalized spacial score (nSPS) is 57.5. The molecule has 0 aliphatic heterocycles. The van der Waals surface area contributed by atoms with Gasteiger partial charge in [0, 0.05) is 0 Å². The summed E-state index contributed by atoms with van der Waals surface area (Å²) in [7, 11) is 0. The van der Waals surface area contributed by atoms with Crippen LogP contribution in [0.3, 0.4) is 0 Å². The Hall–Kier alpha value is 0. The first-order valence-electron chi connectivity index (χ1n) is 5.52. The van der Waals surface area contributed by atoms with E-state index < -0.39 is 0 Å². The topological polar surface area (TPSA) is 0 Å². The molecule has 0 N–H and O–H groups in total. The van der Waals surface area contributed by atoms with Gasteiger partial charge < -0.3 is 0 Å². The van der Waals surface area contributed by atoms with Crippen molar-refractivity contribution in [3.63, 3.8) is 0 Å². The van der Waals surface area contributed by atoms with Crippen molar-refractivity contribution in [2.45, 2.75) is 41.0 Å². The Labute approximate surface area is 76.7 Å². The van der Waals surface area contributed by atoms with Crippen molar-refractivity contribution in [1.82, 2.24) is 0 Å². The highest BCUT2D eigenvalue weighted by Crippen LogP contribution is 2.76. The lowest BCUT2D eigenvalue weighted by atomic mass is 9.56. The van der Waals surface area contributed by atoms with Gasteiger partial charge in [0.15, 0.2) is 0 Å². The van der Waals surface area contributed by atoms with E-state index in [9.17, 15) is 0 Å². The molecule has 2 saturated carbocycles. The molecule has 4 unspecified atom stereocenters. The largest absolute Gasteiger partial charge is 0.0625 e. The molecule has 2 rings (SSSR count). The summed E-state index contributed by atoms with van der Waals surface area (Å²) in [5.74, 6) is 4.98. The summed E-state index contributed by atoms with van der Waals surface area (Å²) >= 11 is 0. The molecule has 2 fully saturated rings. The van der Waals surface area contributed by atoms with Gasteiger partial charge in [0.1, 0.15) is 0 Å². The molecule has 0 heterocycles. The summed E-state index contributed by atoms with van der Waals surface area (Å²) in [5.41, 5.74) is 0.786. The van der Waals surface area contributed by atoms with E-state index in [0.29, 0.717) is 0 Å². The Balaban J connectivity index is 2.14. The Morgan fingerprint density at radius 2 is 1.58 bits per heavy atom. The van der Waals surface area contributed by atoms with Gasteiger partial charge in [-0.1, -0.05) is 34.6 Å². The third kappa shape index (κ3) is 0.701. The van der Waals surface area contributed by atoms with Crippen molar-refractivity contribution in [2.24, 2.45) is 35.0 Å². The van der Waals surface area contributed by atoms with Crippen LogP contribution in [0, 0.1) is 35.0 Å². The molecule has 12 heavy (non-hydrogen) atoms. The third-order valence-electron chi connectivity index (χ3n) is 5.13. The quantitative estimate of drug-likeness (QED) is 0.558. The molecule has 4 atom stereocenters. The van der Waals surface area contributed by atoms with Gasteiger partial charge in [-0.15, -0.1) is 0 Å². The second-order valence-electron chi connectivity index (χ2n) is 5.56. The Morgan fingerprint density at radius 1 is 1.08 bits per heavy atom. The van der Waals surface area contributed by atoms with E-state index in [1.165, 1.54) is 6.42 Å². The average molecular weight is 166 g/mol. The monoisotopic (exact) mass is 166 g/mol. The number of rotatable bonds is 1. The molecular formula is C12H22. The molecule has 1 spiro atoms. The van der Waals surface area contributed by atoms with Gasteiger partial charge in [0.25, 0.3) is 0 Å². The zero-order valence-corrected chi connectivity index (χ0v) is 9.09. The SMILES string of the molecule is CC(C)C1CC(C)C12C(C)C2C. The highest BCUT2D eigenvalue weighted by atomic mass is 14.8. The maximum absolute atomic E-state index is 2.46. The fraction of sp³-hybridized carbons (Fsp3) is 1.00. The molecular weight excluding hydrogens is 144 g/mol. The van der Waals surface area contributed by atoms with Crippen molar-refractivity contribution in [3.05, 3.63) is 0 Å². The van der Waals surface area contributed by atoms with Gasteiger partial charge in [-0.2, -0.15) is 0 Å². The molecule has 2 aliphatic rings. The molecule has 2 aliphatic carbocycles. The van der Waals surface area contributed by atoms with Crippen molar-refractivity contribution in [2.75, 3.05) is 0 Å². The van der Waals surface area contributed by atoms with Crippen LogP contribution in [0.1, 0.15) is 41.0 Å². The first-order chi connectivity index (χ1) is 5.52. The highest BCUT2D eigenvalue weighted by molar-refractivity contribution is 5.18. The van der Waals surface area contributed by atoms with E-state index >= 15 is 0 Å². The van der Waals surface area contributed by atoms with Crippen molar-refractivity contribution >= 4 is 0 Å². The Bertz CT molecular complexity index is 176. The third-order valence-corrected chi connectivity index (χ3v) is 5.13. The van der Waals surface area contributed by atoms with E-state index in [2.05, 4.69) is 34.6 Å². The lowest BCUT2D eigenvalue weighted by Gasteiger charge is -2.48. The predicted octanol–water partition coefficient (Wildman–Crippen LogP) is 3.57. The van der Waals surface area contributed by atoms with Gasteiger partial charge in [-0.3, -0.25) is 0 Å². The Morgan fingerprint density at radius 3 is 1.75 bits per heavy atom. The van der Waals surface area contributed by atoms with Crippen LogP contribution in [0.15, 0.2) is 0 Å². The second kappa shape index (κ2) is 2.27. The summed E-state index contributed by atoms with van der Waals surface area (Å²) in [5, 5.41) is 0. The summed E-state index contributed by atoms with van der Waals surface area (Å²) < 4.78 is 0. The van der Waals surface area contributed by atoms with Gasteiger partial charge >= 0.3 is 0 Å². The lowest BCUT2D eigenvalue weighted by Crippen LogP contribution is -2.42. The van der Waals surface area contributed by atoms with Crippen LogP contribution in [0.4, 0.5) is 0 Å². The molecule has 0 aromatic heterocycles. The van der Waals surface area contributed by atoms with Gasteiger partial charge in [-0.05, 0) is 41.4 Å². The molecule has 0 amide bonds. The number of hydrogen-bond donors (Lipinski definition) is 0. The van der Waals surface area contributed by atoms with Crippen molar-refractivity contribution < 1.29 is 0 Å². The van der Waals surface area contributed by atoms with E-state index in [1.807, 2.05) is 0 Å². The van der Waals surface area contributed by atoms with Crippen LogP contribution in [-0.2, 0) is 0 Å². The number of hydrogen-bond acceptors (Lipinski definition) is 0. The lowest BCUT2D eigenvalue weighted by molar-refractivity contribution is -0.000686. The predicted molar refractivity (Wildman–Crippen MR) is 52.9 cm³/mol. The first kappa shape index (κ1) is 8.59. The molecule has 0 saturated heterocycles. The van der Waals surface area contributed by atoms with Crippen LogP contribution in [0.25, 0.3) is 0 Å². The Kier molecular flexibility index (Phi) is 1.63. The van der Waals surface area contributed by atoms with Gasteiger partial charge in [-0.25, -0.2) is 0 Å². The maximum atomic E-state index is 2.46.